The fourth-order valence-corrected chi connectivity index (χ4v) is 1.78. The zero-order chi connectivity index (χ0) is 13.1. The van der Waals surface area contributed by atoms with Crippen molar-refractivity contribution in [3.05, 3.63) is 34.1 Å². The smallest absolute Gasteiger partial charge is 0.300 e. The summed E-state index contributed by atoms with van der Waals surface area (Å²) in [4.78, 5) is 25.7. The molecule has 0 aliphatic carbocycles. The molecule has 2 aromatic heterocycles. The first kappa shape index (κ1) is 12.2. The van der Waals surface area contributed by atoms with E-state index in [0.717, 1.165) is 6.20 Å². The molecule has 1 amide bonds. The predicted octanol–water partition coefficient (Wildman–Crippen LogP) is 1.45. The van der Waals surface area contributed by atoms with Crippen molar-refractivity contribution in [2.24, 2.45) is 0 Å². The minimum Gasteiger partial charge on any atom is -0.300 e. The van der Waals surface area contributed by atoms with Crippen LogP contribution in [0.15, 0.2) is 24.0 Å². The van der Waals surface area contributed by atoms with Gasteiger partial charge >= 0.3 is 5.69 Å². The normalized spacial score (nSPS) is 12.1. The van der Waals surface area contributed by atoms with Gasteiger partial charge in [0.15, 0.2) is 5.13 Å². The van der Waals surface area contributed by atoms with E-state index in [2.05, 4.69) is 15.4 Å². The molecule has 2 heterocycles. The first-order chi connectivity index (χ1) is 8.58. The molecule has 0 saturated carbocycles. The van der Waals surface area contributed by atoms with Gasteiger partial charge in [-0.15, -0.1) is 11.3 Å². The molecule has 0 saturated heterocycles. The number of rotatable bonds is 4. The standard InChI is InChI=1S/C9H9N5O3S/c1-6(8(15)12-9-10-2-3-18-9)13-5-7(4-11-13)14(16)17/h2-6H,1H3,(H,10,12,15)/t6-/m0/s1. The molecule has 1 N–H and O–H groups in total. The third kappa shape index (κ3) is 2.51. The summed E-state index contributed by atoms with van der Waals surface area (Å²) in [6.45, 7) is 1.60. The summed E-state index contributed by atoms with van der Waals surface area (Å²) >= 11 is 1.29. The molecule has 0 bridgehead atoms. The summed E-state index contributed by atoms with van der Waals surface area (Å²) in [5.41, 5.74) is -0.149. The highest BCUT2D eigenvalue weighted by molar-refractivity contribution is 7.13. The zero-order valence-corrected chi connectivity index (χ0v) is 10.1. The Balaban J connectivity index is 2.07. The average Bonchev–Trinajstić information content (AvgIpc) is 2.98. The van der Waals surface area contributed by atoms with Crippen molar-refractivity contribution in [1.29, 1.82) is 0 Å². The van der Waals surface area contributed by atoms with Crippen LogP contribution < -0.4 is 5.32 Å². The van der Waals surface area contributed by atoms with Gasteiger partial charge in [-0.3, -0.25) is 19.6 Å². The van der Waals surface area contributed by atoms with E-state index in [9.17, 15) is 14.9 Å². The van der Waals surface area contributed by atoms with Gasteiger partial charge in [0.2, 0.25) is 0 Å². The molecule has 9 heteroatoms. The molecule has 18 heavy (non-hydrogen) atoms. The Kier molecular flexibility index (Phi) is 3.33. The van der Waals surface area contributed by atoms with Crippen LogP contribution in [0.3, 0.4) is 0 Å². The summed E-state index contributed by atoms with van der Waals surface area (Å²) < 4.78 is 1.24. The SMILES string of the molecule is C[C@@H](C(=O)Nc1nccs1)n1cc([N+](=O)[O-])cn1. The van der Waals surface area contributed by atoms with E-state index >= 15 is 0 Å². The van der Waals surface area contributed by atoms with E-state index in [1.54, 1.807) is 18.5 Å². The molecule has 0 aromatic carbocycles. The number of thiazole rings is 1. The Bertz CT molecular complexity index is 565. The second-order valence-corrected chi connectivity index (χ2v) is 4.33. The number of nitro groups is 1. The van der Waals surface area contributed by atoms with Crippen LogP contribution in [0.25, 0.3) is 0 Å². The van der Waals surface area contributed by atoms with E-state index in [-0.39, 0.29) is 11.6 Å². The van der Waals surface area contributed by atoms with Gasteiger partial charge < -0.3 is 5.32 Å². The van der Waals surface area contributed by atoms with Crippen molar-refractivity contribution >= 4 is 28.1 Å². The molecular formula is C9H9N5O3S. The minimum atomic E-state index is -0.650. The van der Waals surface area contributed by atoms with Gasteiger partial charge in [0.25, 0.3) is 5.91 Å². The number of nitrogens with one attached hydrogen (secondary N) is 1. The topological polar surface area (TPSA) is 103 Å². The average molecular weight is 267 g/mol. The fraction of sp³-hybridized carbons (Fsp3) is 0.222. The van der Waals surface area contributed by atoms with Crippen LogP contribution in [0, 0.1) is 10.1 Å². The van der Waals surface area contributed by atoms with Crippen molar-refractivity contribution in [2.75, 3.05) is 5.32 Å². The molecule has 0 aliphatic heterocycles. The molecule has 94 valence electrons. The van der Waals surface area contributed by atoms with Crippen LogP contribution in [0.4, 0.5) is 10.8 Å². The number of hydrogen-bond acceptors (Lipinski definition) is 6. The highest BCUT2D eigenvalue weighted by Gasteiger charge is 2.19. The monoisotopic (exact) mass is 267 g/mol. The van der Waals surface area contributed by atoms with E-state index in [4.69, 9.17) is 0 Å². The Morgan fingerprint density at radius 2 is 2.44 bits per heavy atom. The summed E-state index contributed by atoms with van der Waals surface area (Å²) in [6, 6.07) is -0.650. The lowest BCUT2D eigenvalue weighted by Gasteiger charge is -2.10. The number of anilines is 1. The second-order valence-electron chi connectivity index (χ2n) is 3.44. The van der Waals surface area contributed by atoms with Gasteiger partial charge in [0, 0.05) is 11.6 Å². The Morgan fingerprint density at radius 1 is 1.67 bits per heavy atom. The summed E-state index contributed by atoms with van der Waals surface area (Å²) in [6.07, 6.45) is 3.89. The summed E-state index contributed by atoms with van der Waals surface area (Å²) in [5.74, 6) is -0.331. The first-order valence-electron chi connectivity index (χ1n) is 4.97. The van der Waals surface area contributed by atoms with Crippen molar-refractivity contribution in [1.82, 2.24) is 14.8 Å². The molecule has 8 nitrogen and oxygen atoms in total. The Morgan fingerprint density at radius 3 is 3.00 bits per heavy atom. The van der Waals surface area contributed by atoms with Gasteiger partial charge in [0.05, 0.1) is 4.92 Å². The summed E-state index contributed by atoms with van der Waals surface area (Å²) in [7, 11) is 0. The number of hydrogen-bond donors (Lipinski definition) is 1. The van der Waals surface area contributed by atoms with Crippen LogP contribution in [0.1, 0.15) is 13.0 Å². The van der Waals surface area contributed by atoms with Gasteiger partial charge in [-0.1, -0.05) is 0 Å². The largest absolute Gasteiger partial charge is 0.307 e. The molecule has 0 spiro atoms. The molecule has 2 aromatic rings. The van der Waals surface area contributed by atoms with Crippen LogP contribution in [0.5, 0.6) is 0 Å². The van der Waals surface area contributed by atoms with E-state index in [1.165, 1.54) is 22.2 Å². The third-order valence-electron chi connectivity index (χ3n) is 2.24. The second kappa shape index (κ2) is 4.92. The van der Waals surface area contributed by atoms with Crippen molar-refractivity contribution < 1.29 is 9.72 Å². The van der Waals surface area contributed by atoms with Gasteiger partial charge in [0.1, 0.15) is 18.4 Å². The quantitative estimate of drug-likeness (QED) is 0.667. The molecule has 0 unspecified atom stereocenters. The minimum absolute atomic E-state index is 0.149. The lowest BCUT2D eigenvalue weighted by Crippen LogP contribution is -2.23. The summed E-state index contributed by atoms with van der Waals surface area (Å²) in [5, 5.41) is 19.1. The number of carbonyl (C=O) groups is 1. The fourth-order valence-electron chi connectivity index (χ4n) is 1.25. The van der Waals surface area contributed by atoms with E-state index < -0.39 is 11.0 Å². The highest BCUT2D eigenvalue weighted by atomic mass is 32.1. The lowest BCUT2D eigenvalue weighted by molar-refractivity contribution is -0.385. The van der Waals surface area contributed by atoms with Crippen molar-refractivity contribution in [3.63, 3.8) is 0 Å². The highest BCUT2D eigenvalue weighted by Crippen LogP contribution is 2.16. The van der Waals surface area contributed by atoms with Crippen molar-refractivity contribution in [3.8, 4) is 0 Å². The van der Waals surface area contributed by atoms with E-state index in [1.807, 2.05) is 0 Å². The van der Waals surface area contributed by atoms with Crippen LogP contribution in [-0.2, 0) is 4.79 Å². The predicted molar refractivity (Wildman–Crippen MR) is 64.3 cm³/mol. The molecular weight excluding hydrogens is 258 g/mol. The van der Waals surface area contributed by atoms with Crippen molar-refractivity contribution in [2.45, 2.75) is 13.0 Å². The van der Waals surface area contributed by atoms with Gasteiger partial charge in [-0.05, 0) is 6.92 Å². The molecule has 0 aliphatic rings. The first-order valence-corrected chi connectivity index (χ1v) is 5.85. The van der Waals surface area contributed by atoms with Gasteiger partial charge in [-0.25, -0.2) is 4.98 Å². The van der Waals surface area contributed by atoms with Crippen LogP contribution in [-0.4, -0.2) is 25.6 Å². The van der Waals surface area contributed by atoms with E-state index in [0.29, 0.717) is 5.13 Å². The molecule has 1 atom stereocenters. The Labute approximate surface area is 105 Å². The van der Waals surface area contributed by atoms with Crippen LogP contribution >= 0.6 is 11.3 Å². The molecule has 2 rings (SSSR count). The number of amides is 1. The maximum atomic E-state index is 11.8. The number of aromatic nitrogens is 3. The number of nitrogens with zero attached hydrogens (tertiary/aromatic N) is 4. The van der Waals surface area contributed by atoms with Gasteiger partial charge in [-0.2, -0.15) is 5.10 Å². The lowest BCUT2D eigenvalue weighted by atomic mass is 10.3. The maximum Gasteiger partial charge on any atom is 0.307 e. The molecule has 0 radical (unpaired) electrons. The molecule has 0 fully saturated rings. The zero-order valence-electron chi connectivity index (χ0n) is 9.31. The van der Waals surface area contributed by atoms with Crippen LogP contribution in [0.2, 0.25) is 0 Å². The number of carbonyl (C=O) groups excluding carboxylic acids is 1. The third-order valence-corrected chi connectivity index (χ3v) is 2.93. The Hall–Kier alpha value is -2.29. The maximum absolute atomic E-state index is 11.8.